The van der Waals surface area contributed by atoms with E-state index in [0.29, 0.717) is 17.4 Å². The molecule has 0 N–H and O–H groups in total. The second-order valence-corrected chi connectivity index (χ2v) is 8.23. The van der Waals surface area contributed by atoms with Gasteiger partial charge in [-0.1, -0.05) is 54.1 Å². The summed E-state index contributed by atoms with van der Waals surface area (Å²) in [6.07, 6.45) is 0. The van der Waals surface area contributed by atoms with Gasteiger partial charge in [0.2, 0.25) is 0 Å². The van der Waals surface area contributed by atoms with Crippen molar-refractivity contribution < 1.29 is 14.3 Å². The van der Waals surface area contributed by atoms with Gasteiger partial charge in [0.05, 0.1) is 6.61 Å². The molecule has 4 nitrogen and oxygen atoms in total. The van der Waals surface area contributed by atoms with Gasteiger partial charge in [0.25, 0.3) is 0 Å². The van der Waals surface area contributed by atoms with E-state index in [1.54, 1.807) is 20.8 Å². The van der Waals surface area contributed by atoms with E-state index in [1.165, 1.54) is 5.56 Å². The molecule has 0 saturated heterocycles. The average Bonchev–Trinajstić information content (AvgIpc) is 2.76. The standard InChI is InChI=1S/C26H28ClNO3.ClH/c1-4-30-25(29)26(2,3)31-24-16-10-21(11-17-24)19-28(18-20-8-6-5-7-9-20)23-14-12-22(27)13-15-23;/h5-17H,4,18-19H2,1-3H3;1H. The smallest absolute Gasteiger partial charge is 0.349 e. The molecule has 0 aliphatic rings. The summed E-state index contributed by atoms with van der Waals surface area (Å²) >= 11 is 6.08. The van der Waals surface area contributed by atoms with E-state index in [4.69, 9.17) is 21.1 Å². The molecule has 6 heteroatoms. The Bertz CT molecular complexity index is 974. The molecule has 0 saturated carbocycles. The Morgan fingerprint density at radius 1 is 0.875 bits per heavy atom. The van der Waals surface area contributed by atoms with Crippen molar-refractivity contribution in [2.75, 3.05) is 11.5 Å². The first-order valence-electron chi connectivity index (χ1n) is 10.4. The van der Waals surface area contributed by atoms with Gasteiger partial charge in [0.1, 0.15) is 5.75 Å². The maximum Gasteiger partial charge on any atom is 0.349 e. The molecule has 0 amide bonds. The van der Waals surface area contributed by atoms with Crippen molar-refractivity contribution in [3.05, 3.63) is 95.0 Å². The fourth-order valence-electron chi connectivity index (χ4n) is 3.22. The Balaban J connectivity index is 0.00000363. The summed E-state index contributed by atoms with van der Waals surface area (Å²) in [7, 11) is 0. The maximum atomic E-state index is 12.1. The minimum absolute atomic E-state index is 0. The van der Waals surface area contributed by atoms with Gasteiger partial charge in [-0.2, -0.15) is 0 Å². The number of benzene rings is 3. The number of carbonyl (C=O) groups is 1. The quantitative estimate of drug-likeness (QED) is 0.324. The summed E-state index contributed by atoms with van der Waals surface area (Å²) in [5, 5.41) is 0.717. The van der Waals surface area contributed by atoms with Gasteiger partial charge in [-0.15, -0.1) is 12.4 Å². The lowest BCUT2D eigenvalue weighted by atomic mass is 10.1. The highest BCUT2D eigenvalue weighted by atomic mass is 35.5. The molecule has 0 aromatic heterocycles. The molecule has 0 unspecified atom stereocenters. The lowest BCUT2D eigenvalue weighted by molar-refractivity contribution is -0.158. The van der Waals surface area contributed by atoms with Crippen LogP contribution in [0.3, 0.4) is 0 Å². The zero-order chi connectivity index (χ0) is 22.3. The first-order valence-corrected chi connectivity index (χ1v) is 10.7. The molecule has 0 radical (unpaired) electrons. The first kappa shape index (κ1) is 25.6. The van der Waals surface area contributed by atoms with E-state index in [0.717, 1.165) is 24.3 Å². The van der Waals surface area contributed by atoms with Crippen LogP contribution in [0.4, 0.5) is 5.69 Å². The van der Waals surface area contributed by atoms with E-state index in [-0.39, 0.29) is 18.4 Å². The lowest BCUT2D eigenvalue weighted by Crippen LogP contribution is -2.39. The van der Waals surface area contributed by atoms with Crippen LogP contribution in [0.1, 0.15) is 31.9 Å². The topological polar surface area (TPSA) is 38.8 Å². The van der Waals surface area contributed by atoms with Crippen LogP contribution in [-0.4, -0.2) is 18.2 Å². The van der Waals surface area contributed by atoms with Gasteiger partial charge in [-0.05, 0) is 68.3 Å². The monoisotopic (exact) mass is 473 g/mol. The molecule has 0 aliphatic carbocycles. The Hall–Kier alpha value is -2.69. The minimum Gasteiger partial charge on any atom is -0.476 e. The van der Waals surface area contributed by atoms with Crippen molar-refractivity contribution >= 4 is 35.7 Å². The van der Waals surface area contributed by atoms with Gasteiger partial charge in [0.15, 0.2) is 5.60 Å². The van der Waals surface area contributed by atoms with Crippen LogP contribution in [0.25, 0.3) is 0 Å². The molecule has 0 spiro atoms. The fraction of sp³-hybridized carbons (Fsp3) is 0.269. The molecule has 0 aliphatic heterocycles. The van der Waals surface area contributed by atoms with Crippen molar-refractivity contribution in [1.29, 1.82) is 0 Å². The number of hydrogen-bond donors (Lipinski definition) is 0. The Morgan fingerprint density at radius 3 is 2.00 bits per heavy atom. The molecule has 0 fully saturated rings. The highest BCUT2D eigenvalue weighted by Gasteiger charge is 2.31. The molecular weight excluding hydrogens is 445 g/mol. The number of esters is 1. The molecule has 3 rings (SSSR count). The van der Waals surface area contributed by atoms with E-state index in [1.807, 2.05) is 66.7 Å². The molecular formula is C26H29Cl2NO3. The molecule has 0 heterocycles. The third-order valence-electron chi connectivity index (χ3n) is 4.84. The molecule has 170 valence electrons. The minimum atomic E-state index is -1.04. The number of halogens is 2. The van der Waals surface area contributed by atoms with Crippen LogP contribution < -0.4 is 9.64 Å². The Morgan fingerprint density at radius 2 is 1.44 bits per heavy atom. The van der Waals surface area contributed by atoms with E-state index in [9.17, 15) is 4.79 Å². The van der Waals surface area contributed by atoms with Crippen LogP contribution in [0.5, 0.6) is 5.75 Å². The Kier molecular flexibility index (Phi) is 9.42. The summed E-state index contributed by atoms with van der Waals surface area (Å²) < 4.78 is 11.0. The van der Waals surface area contributed by atoms with E-state index in [2.05, 4.69) is 17.0 Å². The van der Waals surface area contributed by atoms with Crippen LogP contribution >= 0.6 is 24.0 Å². The van der Waals surface area contributed by atoms with Gasteiger partial charge >= 0.3 is 5.97 Å². The Labute approximate surface area is 201 Å². The first-order chi connectivity index (χ1) is 14.9. The van der Waals surface area contributed by atoms with Crippen LogP contribution in [-0.2, 0) is 22.6 Å². The number of anilines is 1. The third-order valence-corrected chi connectivity index (χ3v) is 5.10. The molecule has 0 atom stereocenters. The van der Waals surface area contributed by atoms with E-state index >= 15 is 0 Å². The number of ether oxygens (including phenoxy) is 2. The number of hydrogen-bond acceptors (Lipinski definition) is 4. The summed E-state index contributed by atoms with van der Waals surface area (Å²) in [5.74, 6) is 0.249. The maximum absolute atomic E-state index is 12.1. The SMILES string of the molecule is CCOC(=O)C(C)(C)Oc1ccc(CN(Cc2ccccc2)c2ccc(Cl)cc2)cc1.Cl. The van der Waals surface area contributed by atoms with Gasteiger partial charge in [0, 0.05) is 23.8 Å². The second kappa shape index (κ2) is 11.8. The predicted octanol–water partition coefficient (Wildman–Crippen LogP) is 6.69. The van der Waals surface area contributed by atoms with Crippen molar-refractivity contribution in [3.63, 3.8) is 0 Å². The second-order valence-electron chi connectivity index (χ2n) is 7.79. The summed E-state index contributed by atoms with van der Waals surface area (Å²) in [5.41, 5.74) is 2.41. The zero-order valence-electron chi connectivity index (χ0n) is 18.6. The highest BCUT2D eigenvalue weighted by Crippen LogP contribution is 2.25. The molecule has 3 aromatic carbocycles. The van der Waals surface area contributed by atoms with Crippen molar-refractivity contribution in [2.24, 2.45) is 0 Å². The van der Waals surface area contributed by atoms with Crippen molar-refractivity contribution in [3.8, 4) is 5.75 Å². The van der Waals surface area contributed by atoms with Crippen molar-refractivity contribution in [1.82, 2.24) is 0 Å². The summed E-state index contributed by atoms with van der Waals surface area (Å²) in [6, 6.07) is 26.1. The average molecular weight is 474 g/mol. The van der Waals surface area contributed by atoms with Crippen LogP contribution in [0, 0.1) is 0 Å². The number of nitrogens with zero attached hydrogens (tertiary/aromatic N) is 1. The third kappa shape index (κ3) is 7.18. The van der Waals surface area contributed by atoms with Crippen LogP contribution in [0.2, 0.25) is 5.02 Å². The molecule has 3 aromatic rings. The van der Waals surface area contributed by atoms with E-state index < -0.39 is 5.60 Å². The normalized spacial score (nSPS) is 10.8. The predicted molar refractivity (Wildman–Crippen MR) is 133 cm³/mol. The summed E-state index contributed by atoms with van der Waals surface area (Å²) in [6.45, 7) is 7.02. The van der Waals surface area contributed by atoms with Gasteiger partial charge in [-0.3, -0.25) is 0 Å². The van der Waals surface area contributed by atoms with Crippen molar-refractivity contribution in [2.45, 2.75) is 39.5 Å². The zero-order valence-corrected chi connectivity index (χ0v) is 20.2. The molecule has 0 bridgehead atoms. The summed E-state index contributed by atoms with van der Waals surface area (Å²) in [4.78, 5) is 14.4. The van der Waals surface area contributed by atoms with Crippen LogP contribution in [0.15, 0.2) is 78.9 Å². The lowest BCUT2D eigenvalue weighted by Gasteiger charge is -2.26. The molecule has 32 heavy (non-hydrogen) atoms. The van der Waals surface area contributed by atoms with Gasteiger partial charge in [-0.25, -0.2) is 4.79 Å². The van der Waals surface area contributed by atoms with Gasteiger partial charge < -0.3 is 14.4 Å². The largest absolute Gasteiger partial charge is 0.476 e. The number of rotatable bonds is 9. The highest BCUT2D eigenvalue weighted by molar-refractivity contribution is 6.30. The number of carbonyl (C=O) groups excluding carboxylic acids is 1. The fourth-order valence-corrected chi connectivity index (χ4v) is 3.34.